The molecule has 0 saturated carbocycles. The highest BCUT2D eigenvalue weighted by Gasteiger charge is 2.27. The van der Waals surface area contributed by atoms with Gasteiger partial charge in [-0.05, 0) is 91.4 Å². The average Bonchev–Trinajstić information content (AvgIpc) is 3.73. The molecule has 0 spiro atoms. The molecule has 5 rings (SSSR count). The number of carbonyl (C=O) groups is 5. The van der Waals surface area contributed by atoms with Gasteiger partial charge in [-0.1, -0.05) is 23.7 Å². The van der Waals surface area contributed by atoms with Crippen molar-refractivity contribution in [2.75, 3.05) is 28.6 Å². The highest BCUT2D eigenvalue weighted by molar-refractivity contribution is 6.40. The van der Waals surface area contributed by atoms with Crippen molar-refractivity contribution in [1.29, 1.82) is 0 Å². The lowest BCUT2D eigenvalue weighted by Crippen LogP contribution is -2.49. The molecule has 1 aliphatic rings. The zero-order chi connectivity index (χ0) is 34.4. The molecule has 4 N–H and O–H groups in total. The summed E-state index contributed by atoms with van der Waals surface area (Å²) < 4.78 is 6.67. The minimum Gasteiger partial charge on any atom is -0.456 e. The summed E-state index contributed by atoms with van der Waals surface area (Å²) in [4.78, 5) is 65.9. The third-order valence-electron chi connectivity index (χ3n) is 6.96. The molecule has 1 aromatic heterocycles. The van der Waals surface area contributed by atoms with Crippen LogP contribution >= 0.6 is 11.6 Å². The molecule has 1 fully saturated rings. The van der Waals surface area contributed by atoms with Gasteiger partial charge in [0.25, 0.3) is 0 Å². The van der Waals surface area contributed by atoms with Gasteiger partial charge in [-0.2, -0.15) is 4.68 Å². The number of esters is 1. The second-order valence-corrected chi connectivity index (χ2v) is 12.2. The van der Waals surface area contributed by atoms with Crippen molar-refractivity contribution >= 4 is 58.4 Å². The second-order valence-electron chi connectivity index (χ2n) is 11.7. The zero-order valence-electron chi connectivity index (χ0n) is 26.2. The van der Waals surface area contributed by atoms with E-state index in [4.69, 9.17) is 16.3 Å². The van der Waals surface area contributed by atoms with E-state index in [1.54, 1.807) is 62.1 Å². The molecule has 4 aromatic rings. The molecule has 1 atom stereocenters. The van der Waals surface area contributed by atoms with Crippen LogP contribution in [0.4, 0.5) is 21.9 Å². The zero-order valence-corrected chi connectivity index (χ0v) is 26.9. The maximum Gasteiger partial charge on any atom is 0.338 e. The third kappa shape index (κ3) is 8.50. The minimum absolute atomic E-state index is 0.000360. The van der Waals surface area contributed by atoms with Crippen LogP contribution in [0.25, 0.3) is 5.69 Å². The Labute approximate surface area is 280 Å². The molecule has 1 aliphatic heterocycles. The van der Waals surface area contributed by atoms with E-state index >= 15 is 0 Å². The quantitative estimate of drug-likeness (QED) is 0.153. The van der Waals surface area contributed by atoms with Crippen LogP contribution in [0.2, 0.25) is 5.02 Å². The number of rotatable bonds is 9. The van der Waals surface area contributed by atoms with Crippen molar-refractivity contribution in [3.63, 3.8) is 0 Å². The number of nitrogens with zero attached hydrogens (tertiary/aromatic N) is 5. The van der Waals surface area contributed by atoms with Crippen molar-refractivity contribution in [2.45, 2.75) is 38.8 Å². The molecule has 3 aromatic carbocycles. The second kappa shape index (κ2) is 14.3. The van der Waals surface area contributed by atoms with Gasteiger partial charge in [0.05, 0.1) is 16.9 Å². The molecule has 48 heavy (non-hydrogen) atoms. The van der Waals surface area contributed by atoms with Crippen LogP contribution in [0.5, 0.6) is 0 Å². The Morgan fingerprint density at radius 3 is 2.33 bits per heavy atom. The number of carbonyl (C=O) groups excluding carboxylic acids is 5. The number of nitrogens with one attached hydrogen (secondary N) is 4. The summed E-state index contributed by atoms with van der Waals surface area (Å²) in [6, 6.07) is 16.1. The Hall–Kier alpha value is -5.83. The summed E-state index contributed by atoms with van der Waals surface area (Å²) >= 11 is 6.13. The summed E-state index contributed by atoms with van der Waals surface area (Å²) in [5.41, 5.74) is 1.78. The predicted molar refractivity (Wildman–Crippen MR) is 176 cm³/mol. The molecular formula is C32H32ClN9O6. The number of aromatic nitrogens is 4. The van der Waals surface area contributed by atoms with Crippen LogP contribution in [-0.4, -0.2) is 74.7 Å². The maximum absolute atomic E-state index is 13.6. The molecule has 2 heterocycles. The monoisotopic (exact) mass is 673 g/mol. The number of halogens is 1. The summed E-state index contributed by atoms with van der Waals surface area (Å²) in [5, 5.41) is 21.8. The lowest BCUT2D eigenvalue weighted by molar-refractivity contribution is -0.137. The van der Waals surface area contributed by atoms with E-state index in [1.165, 1.54) is 41.3 Å². The third-order valence-corrected chi connectivity index (χ3v) is 7.20. The summed E-state index contributed by atoms with van der Waals surface area (Å²) in [7, 11) is 0. The molecule has 248 valence electrons. The fourth-order valence-electron chi connectivity index (χ4n) is 4.71. The van der Waals surface area contributed by atoms with E-state index in [0.717, 1.165) is 0 Å². The number of anilines is 3. The van der Waals surface area contributed by atoms with E-state index in [1.807, 2.05) is 0 Å². The van der Waals surface area contributed by atoms with E-state index in [-0.39, 0.29) is 23.2 Å². The number of amides is 5. The lowest BCUT2D eigenvalue weighted by Gasteiger charge is -2.20. The number of ether oxygens (including phenoxy) is 1. The van der Waals surface area contributed by atoms with Crippen LogP contribution in [0.1, 0.15) is 36.7 Å². The van der Waals surface area contributed by atoms with Crippen LogP contribution in [0, 0.1) is 0 Å². The van der Waals surface area contributed by atoms with Crippen molar-refractivity contribution in [3.8, 4) is 5.69 Å². The molecular weight excluding hydrogens is 642 g/mol. The SMILES string of the molecule is CC(C)(C)OC(=O)c1ccc(NC(=O)[C@H](Cc2ccc(N3CCNC3=O)cc2)NC(=O)C(=O)Nc2cc(Cl)ccc2-n2cnnn2)cc1. The minimum atomic E-state index is -1.21. The smallest absolute Gasteiger partial charge is 0.338 e. The molecule has 15 nitrogen and oxygen atoms in total. The topological polar surface area (TPSA) is 190 Å². The summed E-state index contributed by atoms with van der Waals surface area (Å²) in [6.07, 6.45) is 1.31. The van der Waals surface area contributed by atoms with Gasteiger partial charge >= 0.3 is 23.8 Å². The van der Waals surface area contributed by atoms with Gasteiger partial charge in [0.1, 0.15) is 18.0 Å². The average molecular weight is 674 g/mol. The van der Waals surface area contributed by atoms with Crippen molar-refractivity contribution < 1.29 is 28.7 Å². The fraction of sp³-hybridized carbons (Fsp3) is 0.250. The number of urea groups is 1. The largest absolute Gasteiger partial charge is 0.456 e. The van der Waals surface area contributed by atoms with Crippen LogP contribution in [-0.2, 0) is 25.5 Å². The highest BCUT2D eigenvalue weighted by Crippen LogP contribution is 2.24. The van der Waals surface area contributed by atoms with E-state index < -0.39 is 35.3 Å². The Balaban J connectivity index is 1.33. The molecule has 5 amide bonds. The Morgan fingerprint density at radius 2 is 1.71 bits per heavy atom. The molecule has 0 aliphatic carbocycles. The Morgan fingerprint density at radius 1 is 0.979 bits per heavy atom. The Kier molecular flexibility index (Phi) is 9.99. The van der Waals surface area contributed by atoms with E-state index in [0.29, 0.717) is 41.3 Å². The lowest BCUT2D eigenvalue weighted by atomic mass is 10.0. The fourth-order valence-corrected chi connectivity index (χ4v) is 4.89. The number of benzene rings is 3. The van der Waals surface area contributed by atoms with Gasteiger partial charge in [0, 0.05) is 35.9 Å². The van der Waals surface area contributed by atoms with E-state index in [2.05, 4.69) is 36.8 Å². The normalized spacial score (nSPS) is 13.3. The first kappa shape index (κ1) is 33.5. The summed E-state index contributed by atoms with van der Waals surface area (Å²) in [5.74, 6) is -3.31. The predicted octanol–water partition coefficient (Wildman–Crippen LogP) is 3.11. The first-order chi connectivity index (χ1) is 22.9. The molecule has 0 unspecified atom stereocenters. The molecule has 0 radical (unpaired) electrons. The molecule has 16 heteroatoms. The van der Waals surface area contributed by atoms with E-state index in [9.17, 15) is 24.0 Å². The number of hydrogen-bond acceptors (Lipinski definition) is 9. The van der Waals surface area contributed by atoms with Gasteiger partial charge in [-0.15, -0.1) is 5.10 Å². The number of tetrazole rings is 1. The van der Waals surface area contributed by atoms with Gasteiger partial charge in [0.2, 0.25) is 5.91 Å². The highest BCUT2D eigenvalue weighted by atomic mass is 35.5. The van der Waals surface area contributed by atoms with Crippen molar-refractivity contribution in [1.82, 2.24) is 30.8 Å². The summed E-state index contributed by atoms with van der Waals surface area (Å²) in [6.45, 7) is 6.32. The van der Waals surface area contributed by atoms with Gasteiger partial charge < -0.3 is 26.0 Å². The van der Waals surface area contributed by atoms with Gasteiger partial charge in [0.15, 0.2) is 0 Å². The van der Waals surface area contributed by atoms with Gasteiger partial charge in [-0.25, -0.2) is 9.59 Å². The van der Waals surface area contributed by atoms with Crippen molar-refractivity contribution in [2.24, 2.45) is 0 Å². The van der Waals surface area contributed by atoms with Crippen LogP contribution in [0.3, 0.4) is 0 Å². The first-order valence-electron chi connectivity index (χ1n) is 14.8. The van der Waals surface area contributed by atoms with Crippen LogP contribution < -0.4 is 26.2 Å². The van der Waals surface area contributed by atoms with Crippen molar-refractivity contribution in [3.05, 3.63) is 89.2 Å². The molecule has 1 saturated heterocycles. The standard InChI is InChI=1S/C32H32ClN9O6/c1-32(2,3)48-30(46)20-6-9-22(10-7-20)36-27(43)25(16-19-4-11-23(12-5-19)41-15-14-34-31(41)47)38-29(45)28(44)37-24-17-21(33)8-13-26(24)42-18-35-39-40-42/h4-13,17-18,25H,14-16H2,1-3H3,(H,34,47)(H,36,43)(H,37,44)(H,38,45)/t25-/m0/s1. The van der Waals surface area contributed by atoms with Gasteiger partial charge in [-0.3, -0.25) is 19.3 Å². The number of hydrogen-bond donors (Lipinski definition) is 4. The van der Waals surface area contributed by atoms with Crippen LogP contribution in [0.15, 0.2) is 73.1 Å². The Bertz CT molecular complexity index is 1820. The first-order valence-corrected chi connectivity index (χ1v) is 15.2. The molecule has 0 bridgehead atoms. The maximum atomic E-state index is 13.6.